The number of amides is 1. The monoisotopic (exact) mass is 401 g/mol. The predicted octanol–water partition coefficient (Wildman–Crippen LogP) is 2.87. The maximum atomic E-state index is 12.1. The molecule has 1 N–H and O–H groups in total. The second-order valence-corrected chi connectivity index (χ2v) is 6.02. The van der Waals surface area contributed by atoms with Crippen LogP contribution in [0, 0.1) is 0 Å². The number of hydrogen-bond acceptors (Lipinski definition) is 7. The Bertz CT molecular complexity index is 972. The summed E-state index contributed by atoms with van der Waals surface area (Å²) in [6.45, 7) is -0.497. The van der Waals surface area contributed by atoms with Crippen LogP contribution >= 0.6 is 11.6 Å². The molecule has 0 spiro atoms. The van der Waals surface area contributed by atoms with E-state index < -0.39 is 11.9 Å². The van der Waals surface area contributed by atoms with E-state index in [1.54, 1.807) is 48.5 Å². The minimum absolute atomic E-state index is 0.137. The Morgan fingerprint density at radius 3 is 2.68 bits per heavy atom. The zero-order valence-corrected chi connectivity index (χ0v) is 15.6. The smallest absolute Gasteiger partial charge is 0.325 e. The largest absolute Gasteiger partial charge is 0.497 e. The van der Waals surface area contributed by atoms with Crippen LogP contribution in [0.15, 0.2) is 52.9 Å². The molecule has 0 aliphatic rings. The minimum Gasteiger partial charge on any atom is -0.497 e. The van der Waals surface area contributed by atoms with Crippen molar-refractivity contribution in [3.63, 3.8) is 0 Å². The van der Waals surface area contributed by atoms with Crippen LogP contribution in [-0.2, 0) is 16.1 Å². The summed E-state index contributed by atoms with van der Waals surface area (Å²) in [4.78, 5) is 23.9. The van der Waals surface area contributed by atoms with Gasteiger partial charge in [0, 0.05) is 16.1 Å². The normalized spacial score (nSPS) is 10.4. The quantitative estimate of drug-likeness (QED) is 0.607. The molecule has 8 nitrogen and oxygen atoms in total. The van der Waals surface area contributed by atoms with Crippen molar-refractivity contribution in [2.24, 2.45) is 0 Å². The van der Waals surface area contributed by atoms with E-state index >= 15 is 0 Å². The van der Waals surface area contributed by atoms with E-state index in [0.29, 0.717) is 21.9 Å². The fourth-order valence-corrected chi connectivity index (χ4v) is 2.36. The van der Waals surface area contributed by atoms with E-state index in [1.807, 2.05) is 0 Å². The highest BCUT2D eigenvalue weighted by Crippen LogP contribution is 2.20. The van der Waals surface area contributed by atoms with Gasteiger partial charge in [-0.3, -0.25) is 9.59 Å². The number of nitrogens with zero attached hydrogens (tertiary/aromatic N) is 2. The average Bonchev–Trinajstić information content (AvgIpc) is 3.20. The highest BCUT2D eigenvalue weighted by atomic mass is 35.5. The molecule has 0 saturated heterocycles. The summed E-state index contributed by atoms with van der Waals surface area (Å²) in [5, 5.41) is 10.8. The van der Waals surface area contributed by atoms with Crippen LogP contribution in [0.25, 0.3) is 11.5 Å². The van der Waals surface area contributed by atoms with Crippen molar-refractivity contribution in [3.8, 4) is 17.2 Å². The maximum Gasteiger partial charge on any atom is 0.325 e. The van der Waals surface area contributed by atoms with Gasteiger partial charge in [0.2, 0.25) is 5.89 Å². The molecule has 0 atom stereocenters. The van der Waals surface area contributed by atoms with E-state index in [1.165, 1.54) is 7.11 Å². The highest BCUT2D eigenvalue weighted by molar-refractivity contribution is 6.30. The van der Waals surface area contributed by atoms with Gasteiger partial charge >= 0.3 is 5.97 Å². The van der Waals surface area contributed by atoms with Crippen LogP contribution in [0.5, 0.6) is 5.75 Å². The predicted molar refractivity (Wildman–Crippen MR) is 99.9 cm³/mol. The number of rotatable bonds is 7. The third-order valence-electron chi connectivity index (χ3n) is 3.64. The summed E-state index contributed by atoms with van der Waals surface area (Å²) in [6.07, 6.45) is 0. The van der Waals surface area contributed by atoms with Gasteiger partial charge in [-0.05, 0) is 42.5 Å². The molecule has 0 saturated carbocycles. The number of nitrogens with one attached hydrogen (secondary N) is 1. The van der Waals surface area contributed by atoms with Crippen molar-refractivity contribution in [1.82, 2.24) is 15.5 Å². The van der Waals surface area contributed by atoms with Gasteiger partial charge < -0.3 is 19.2 Å². The summed E-state index contributed by atoms with van der Waals surface area (Å²) in [6, 6.07) is 13.4. The van der Waals surface area contributed by atoms with Gasteiger partial charge in [0.25, 0.3) is 11.8 Å². The number of hydrogen-bond donors (Lipinski definition) is 1. The van der Waals surface area contributed by atoms with Gasteiger partial charge in [-0.1, -0.05) is 17.7 Å². The molecule has 0 aliphatic carbocycles. The second kappa shape index (κ2) is 9.01. The molecule has 0 fully saturated rings. The van der Waals surface area contributed by atoms with Gasteiger partial charge in [-0.2, -0.15) is 0 Å². The summed E-state index contributed by atoms with van der Waals surface area (Å²) in [5.41, 5.74) is 1.07. The van der Waals surface area contributed by atoms with Crippen LogP contribution < -0.4 is 10.1 Å². The van der Waals surface area contributed by atoms with Gasteiger partial charge in [-0.25, -0.2) is 0 Å². The molecule has 9 heteroatoms. The first-order chi connectivity index (χ1) is 13.5. The molecule has 144 valence electrons. The van der Waals surface area contributed by atoms with Gasteiger partial charge in [0.15, 0.2) is 6.61 Å². The van der Waals surface area contributed by atoms with Crippen molar-refractivity contribution in [1.29, 1.82) is 0 Å². The third-order valence-corrected chi connectivity index (χ3v) is 3.89. The third kappa shape index (κ3) is 5.08. The van der Waals surface area contributed by atoms with Crippen LogP contribution in [-0.4, -0.2) is 35.7 Å². The standard InChI is InChI=1S/C19H16ClN3O5/c1-26-15-4-2-3-13(9-15)18(25)21-10-17(24)27-11-16-22-23-19(28-16)12-5-7-14(20)8-6-12/h2-9H,10-11H2,1H3,(H,21,25). The van der Waals surface area contributed by atoms with E-state index in [9.17, 15) is 9.59 Å². The van der Waals surface area contributed by atoms with Crippen molar-refractivity contribution in [2.45, 2.75) is 6.61 Å². The van der Waals surface area contributed by atoms with Gasteiger partial charge in [0.05, 0.1) is 7.11 Å². The van der Waals surface area contributed by atoms with E-state index in [0.717, 1.165) is 0 Å². The number of methoxy groups -OCH3 is 1. The van der Waals surface area contributed by atoms with Crippen LogP contribution in [0.1, 0.15) is 16.2 Å². The lowest BCUT2D eigenvalue weighted by Crippen LogP contribution is -2.30. The Hall–Kier alpha value is -3.39. The molecular formula is C19H16ClN3O5. The Morgan fingerprint density at radius 2 is 1.93 bits per heavy atom. The summed E-state index contributed by atoms with van der Waals surface area (Å²) in [7, 11) is 1.50. The lowest BCUT2D eigenvalue weighted by atomic mass is 10.2. The topological polar surface area (TPSA) is 104 Å². The van der Waals surface area contributed by atoms with Crippen molar-refractivity contribution in [2.75, 3.05) is 13.7 Å². The number of ether oxygens (including phenoxy) is 2. The molecule has 3 rings (SSSR count). The van der Waals surface area contributed by atoms with E-state index in [-0.39, 0.29) is 24.9 Å². The number of carbonyl (C=O) groups is 2. The van der Waals surface area contributed by atoms with Crippen molar-refractivity contribution in [3.05, 3.63) is 65.0 Å². The fourth-order valence-electron chi connectivity index (χ4n) is 2.23. The number of aromatic nitrogens is 2. The second-order valence-electron chi connectivity index (χ2n) is 5.58. The Morgan fingerprint density at radius 1 is 1.14 bits per heavy atom. The summed E-state index contributed by atoms with van der Waals surface area (Å²) >= 11 is 5.83. The van der Waals surface area contributed by atoms with E-state index in [4.69, 9.17) is 25.5 Å². The summed E-state index contributed by atoms with van der Waals surface area (Å²) < 4.78 is 15.5. The zero-order valence-electron chi connectivity index (χ0n) is 14.8. The molecule has 0 aliphatic heterocycles. The molecule has 0 bridgehead atoms. The summed E-state index contributed by atoms with van der Waals surface area (Å²) in [5.74, 6) is -0.0873. The SMILES string of the molecule is COc1cccc(C(=O)NCC(=O)OCc2nnc(-c3ccc(Cl)cc3)o2)c1. The van der Waals surface area contributed by atoms with Crippen LogP contribution in [0.2, 0.25) is 5.02 Å². The fraction of sp³-hybridized carbons (Fsp3) is 0.158. The Balaban J connectivity index is 1.48. The maximum absolute atomic E-state index is 12.1. The molecular weight excluding hydrogens is 386 g/mol. The number of carbonyl (C=O) groups excluding carboxylic acids is 2. The number of halogens is 1. The molecule has 3 aromatic rings. The van der Waals surface area contributed by atoms with Gasteiger partial charge in [0.1, 0.15) is 12.3 Å². The zero-order chi connectivity index (χ0) is 19.9. The van der Waals surface area contributed by atoms with Crippen molar-refractivity contribution < 1.29 is 23.5 Å². The number of benzene rings is 2. The van der Waals surface area contributed by atoms with Gasteiger partial charge in [-0.15, -0.1) is 10.2 Å². The lowest BCUT2D eigenvalue weighted by molar-refractivity contribution is -0.144. The first-order valence-corrected chi connectivity index (χ1v) is 8.59. The Kier molecular flexibility index (Phi) is 6.23. The lowest BCUT2D eigenvalue weighted by Gasteiger charge is -2.06. The first kappa shape index (κ1) is 19.4. The molecule has 0 radical (unpaired) electrons. The molecule has 1 heterocycles. The molecule has 1 aromatic heterocycles. The average molecular weight is 402 g/mol. The first-order valence-electron chi connectivity index (χ1n) is 8.21. The molecule has 2 aromatic carbocycles. The molecule has 28 heavy (non-hydrogen) atoms. The minimum atomic E-state index is -0.637. The van der Waals surface area contributed by atoms with E-state index in [2.05, 4.69) is 15.5 Å². The molecule has 0 unspecified atom stereocenters. The highest BCUT2D eigenvalue weighted by Gasteiger charge is 2.13. The molecule has 1 amide bonds. The van der Waals surface area contributed by atoms with Crippen LogP contribution in [0.4, 0.5) is 0 Å². The number of esters is 1. The van der Waals surface area contributed by atoms with Crippen LogP contribution in [0.3, 0.4) is 0 Å². The van der Waals surface area contributed by atoms with Crippen molar-refractivity contribution >= 4 is 23.5 Å². The Labute approximate surface area is 165 Å².